The van der Waals surface area contributed by atoms with Gasteiger partial charge in [0.05, 0.1) is 19.3 Å². The third-order valence-electron chi connectivity index (χ3n) is 2.75. The molecule has 1 fully saturated rings. The summed E-state index contributed by atoms with van der Waals surface area (Å²) in [6, 6.07) is 0. The first kappa shape index (κ1) is 9.01. The molecule has 1 aliphatic rings. The van der Waals surface area contributed by atoms with E-state index in [1.165, 1.54) is 6.42 Å². The monoisotopic (exact) mass is 158 g/mol. The fourth-order valence-corrected chi connectivity index (χ4v) is 1.63. The van der Waals surface area contributed by atoms with Gasteiger partial charge in [-0.15, -0.1) is 0 Å². The van der Waals surface area contributed by atoms with Crippen molar-refractivity contribution in [2.24, 2.45) is 11.8 Å². The Hall–Kier alpha value is -0.0800. The number of rotatable bonds is 3. The van der Waals surface area contributed by atoms with Crippen molar-refractivity contribution in [1.82, 2.24) is 0 Å². The van der Waals surface area contributed by atoms with Crippen molar-refractivity contribution in [2.45, 2.75) is 26.4 Å². The molecular weight excluding hydrogens is 140 g/mol. The molecule has 0 radical (unpaired) electrons. The van der Waals surface area contributed by atoms with Gasteiger partial charge in [-0.1, -0.05) is 20.3 Å². The SMILES string of the molecule is CC[C@@H](C)C1COC[C@@H]1OC. The Morgan fingerprint density at radius 1 is 1.55 bits per heavy atom. The lowest BCUT2D eigenvalue weighted by atomic mass is 9.89. The van der Waals surface area contributed by atoms with Crippen LogP contribution in [0.2, 0.25) is 0 Å². The third-order valence-corrected chi connectivity index (χ3v) is 2.75. The predicted octanol–water partition coefficient (Wildman–Crippen LogP) is 1.69. The first-order valence-electron chi connectivity index (χ1n) is 4.40. The summed E-state index contributed by atoms with van der Waals surface area (Å²) >= 11 is 0. The van der Waals surface area contributed by atoms with Gasteiger partial charge in [0.15, 0.2) is 0 Å². The molecule has 0 aromatic rings. The molecule has 0 bridgehead atoms. The van der Waals surface area contributed by atoms with E-state index in [2.05, 4.69) is 13.8 Å². The molecule has 1 unspecified atom stereocenters. The molecule has 0 amide bonds. The summed E-state index contributed by atoms with van der Waals surface area (Å²) < 4.78 is 10.7. The lowest BCUT2D eigenvalue weighted by Crippen LogP contribution is -2.26. The Morgan fingerprint density at radius 2 is 2.27 bits per heavy atom. The lowest BCUT2D eigenvalue weighted by molar-refractivity contribution is 0.0541. The van der Waals surface area contributed by atoms with Gasteiger partial charge in [-0.25, -0.2) is 0 Å². The van der Waals surface area contributed by atoms with E-state index in [-0.39, 0.29) is 0 Å². The van der Waals surface area contributed by atoms with Crippen molar-refractivity contribution >= 4 is 0 Å². The fraction of sp³-hybridized carbons (Fsp3) is 1.00. The molecule has 1 heterocycles. The van der Waals surface area contributed by atoms with E-state index in [4.69, 9.17) is 9.47 Å². The molecule has 2 heteroatoms. The summed E-state index contributed by atoms with van der Waals surface area (Å²) in [7, 11) is 1.77. The van der Waals surface area contributed by atoms with Gasteiger partial charge in [-0.2, -0.15) is 0 Å². The van der Waals surface area contributed by atoms with Crippen LogP contribution in [-0.2, 0) is 9.47 Å². The lowest BCUT2D eigenvalue weighted by Gasteiger charge is -2.21. The van der Waals surface area contributed by atoms with Crippen LogP contribution in [0.5, 0.6) is 0 Å². The molecule has 2 nitrogen and oxygen atoms in total. The summed E-state index contributed by atoms with van der Waals surface area (Å²) in [5, 5.41) is 0. The largest absolute Gasteiger partial charge is 0.379 e. The molecule has 1 saturated heterocycles. The maximum atomic E-state index is 5.36. The topological polar surface area (TPSA) is 18.5 Å². The Kier molecular flexibility index (Phi) is 3.34. The van der Waals surface area contributed by atoms with Crippen LogP contribution in [0.3, 0.4) is 0 Å². The highest BCUT2D eigenvalue weighted by Crippen LogP contribution is 2.26. The smallest absolute Gasteiger partial charge is 0.0857 e. The molecular formula is C9H18O2. The zero-order chi connectivity index (χ0) is 8.27. The van der Waals surface area contributed by atoms with Crippen molar-refractivity contribution in [1.29, 1.82) is 0 Å². The first-order valence-corrected chi connectivity index (χ1v) is 4.40. The molecule has 1 rings (SSSR count). The molecule has 66 valence electrons. The summed E-state index contributed by atoms with van der Waals surface area (Å²) in [4.78, 5) is 0. The van der Waals surface area contributed by atoms with Crippen molar-refractivity contribution in [3.8, 4) is 0 Å². The van der Waals surface area contributed by atoms with Crippen LogP contribution in [0.15, 0.2) is 0 Å². The normalized spacial score (nSPS) is 34.1. The van der Waals surface area contributed by atoms with Gasteiger partial charge in [-0.05, 0) is 5.92 Å². The first-order chi connectivity index (χ1) is 5.29. The van der Waals surface area contributed by atoms with Crippen molar-refractivity contribution in [3.63, 3.8) is 0 Å². The van der Waals surface area contributed by atoms with Crippen molar-refractivity contribution < 1.29 is 9.47 Å². The zero-order valence-corrected chi connectivity index (χ0v) is 7.67. The highest BCUT2D eigenvalue weighted by Gasteiger charge is 2.31. The third kappa shape index (κ3) is 1.94. The van der Waals surface area contributed by atoms with E-state index in [0.29, 0.717) is 12.0 Å². The van der Waals surface area contributed by atoms with E-state index < -0.39 is 0 Å². The second kappa shape index (κ2) is 4.07. The van der Waals surface area contributed by atoms with E-state index in [1.54, 1.807) is 7.11 Å². The van der Waals surface area contributed by atoms with Crippen LogP contribution in [-0.4, -0.2) is 26.4 Å². The van der Waals surface area contributed by atoms with Gasteiger partial charge < -0.3 is 9.47 Å². The maximum Gasteiger partial charge on any atom is 0.0857 e. The van der Waals surface area contributed by atoms with Gasteiger partial charge >= 0.3 is 0 Å². The molecule has 0 saturated carbocycles. The maximum absolute atomic E-state index is 5.36. The van der Waals surface area contributed by atoms with Crippen LogP contribution in [0.1, 0.15) is 20.3 Å². The van der Waals surface area contributed by atoms with Crippen LogP contribution in [0.25, 0.3) is 0 Å². The number of hydrogen-bond acceptors (Lipinski definition) is 2. The summed E-state index contributed by atoms with van der Waals surface area (Å²) in [6.07, 6.45) is 1.55. The van der Waals surface area contributed by atoms with Gasteiger partial charge in [0, 0.05) is 13.0 Å². The van der Waals surface area contributed by atoms with Crippen molar-refractivity contribution in [2.75, 3.05) is 20.3 Å². The molecule has 0 aliphatic carbocycles. The Bertz CT molecular complexity index is 114. The molecule has 1 aliphatic heterocycles. The van der Waals surface area contributed by atoms with Gasteiger partial charge in [-0.3, -0.25) is 0 Å². The van der Waals surface area contributed by atoms with Gasteiger partial charge in [0.1, 0.15) is 0 Å². The summed E-state index contributed by atoms with van der Waals surface area (Å²) in [6.45, 7) is 6.15. The van der Waals surface area contributed by atoms with Gasteiger partial charge in [0.2, 0.25) is 0 Å². The predicted molar refractivity (Wildman–Crippen MR) is 44.6 cm³/mol. The average Bonchev–Trinajstić information content (AvgIpc) is 2.50. The molecule has 0 spiro atoms. The summed E-state index contributed by atoms with van der Waals surface area (Å²) in [5.74, 6) is 1.34. The number of ether oxygens (including phenoxy) is 2. The minimum Gasteiger partial charge on any atom is -0.379 e. The Morgan fingerprint density at radius 3 is 2.82 bits per heavy atom. The minimum atomic E-state index is 0.338. The Labute approximate surface area is 68.9 Å². The van der Waals surface area contributed by atoms with E-state index in [0.717, 1.165) is 19.1 Å². The summed E-state index contributed by atoms with van der Waals surface area (Å²) in [5.41, 5.74) is 0. The van der Waals surface area contributed by atoms with E-state index in [9.17, 15) is 0 Å². The number of methoxy groups -OCH3 is 1. The molecule has 0 aromatic carbocycles. The van der Waals surface area contributed by atoms with Crippen LogP contribution in [0.4, 0.5) is 0 Å². The molecule has 0 N–H and O–H groups in total. The van der Waals surface area contributed by atoms with Crippen LogP contribution < -0.4 is 0 Å². The van der Waals surface area contributed by atoms with Crippen LogP contribution >= 0.6 is 0 Å². The van der Waals surface area contributed by atoms with Crippen LogP contribution in [0, 0.1) is 11.8 Å². The van der Waals surface area contributed by atoms with Gasteiger partial charge in [0.25, 0.3) is 0 Å². The number of hydrogen-bond donors (Lipinski definition) is 0. The van der Waals surface area contributed by atoms with E-state index >= 15 is 0 Å². The Balaban J connectivity index is 2.42. The van der Waals surface area contributed by atoms with E-state index in [1.807, 2.05) is 0 Å². The standard InChI is InChI=1S/C9H18O2/c1-4-7(2)8-5-11-6-9(8)10-3/h7-9H,4-6H2,1-3H3/t7-,8?,9+/m1/s1. The highest BCUT2D eigenvalue weighted by atomic mass is 16.5. The molecule has 3 atom stereocenters. The molecule has 11 heavy (non-hydrogen) atoms. The fourth-order valence-electron chi connectivity index (χ4n) is 1.63. The quantitative estimate of drug-likeness (QED) is 0.622. The minimum absolute atomic E-state index is 0.338. The zero-order valence-electron chi connectivity index (χ0n) is 7.67. The second-order valence-electron chi connectivity index (χ2n) is 3.36. The second-order valence-corrected chi connectivity index (χ2v) is 3.36. The average molecular weight is 158 g/mol. The molecule has 0 aromatic heterocycles. The highest BCUT2D eigenvalue weighted by molar-refractivity contribution is 4.79. The van der Waals surface area contributed by atoms with Crippen molar-refractivity contribution in [3.05, 3.63) is 0 Å².